The summed E-state index contributed by atoms with van der Waals surface area (Å²) in [6.07, 6.45) is 3.40. The van der Waals surface area contributed by atoms with Gasteiger partial charge in [0.1, 0.15) is 12.4 Å². The number of piperidine rings is 1. The Morgan fingerprint density at radius 1 is 1.00 bits per heavy atom. The van der Waals surface area contributed by atoms with Crippen molar-refractivity contribution in [2.45, 2.75) is 89.4 Å². The molecule has 208 valence electrons. The molecule has 2 aliphatic carbocycles. The van der Waals surface area contributed by atoms with Crippen molar-refractivity contribution in [3.8, 4) is 0 Å². The first-order chi connectivity index (χ1) is 17.7. The van der Waals surface area contributed by atoms with Crippen LogP contribution in [0, 0.1) is 29.6 Å². The van der Waals surface area contributed by atoms with E-state index in [1.54, 1.807) is 4.90 Å². The molecule has 0 radical (unpaired) electrons. The zero-order valence-electron chi connectivity index (χ0n) is 21.9. The minimum Gasteiger partial charge on any atom is -0.353 e. The molecule has 10 heteroatoms. The topological polar surface area (TPSA) is 77.0 Å². The molecule has 37 heavy (non-hydrogen) atoms. The SMILES string of the molecule is CC1CCCC(C2C(C3CCC(C(F)(F)F)CC3)N=C(C3CCCNC3)N2C(=O)N2CCNC(=O)C2)C1. The third-order valence-corrected chi connectivity index (χ3v) is 9.53. The van der Waals surface area contributed by atoms with Gasteiger partial charge in [0.15, 0.2) is 0 Å². The lowest BCUT2D eigenvalue weighted by Crippen LogP contribution is -2.60. The fourth-order valence-corrected chi connectivity index (χ4v) is 7.60. The minimum atomic E-state index is -4.14. The number of nitrogens with zero attached hydrogens (tertiary/aromatic N) is 3. The van der Waals surface area contributed by atoms with Crippen LogP contribution in [-0.2, 0) is 4.79 Å². The average Bonchev–Trinajstić information content (AvgIpc) is 3.29. The van der Waals surface area contributed by atoms with Gasteiger partial charge < -0.3 is 15.5 Å². The van der Waals surface area contributed by atoms with Crippen LogP contribution in [0.25, 0.3) is 0 Å². The predicted molar refractivity (Wildman–Crippen MR) is 135 cm³/mol. The largest absolute Gasteiger partial charge is 0.391 e. The van der Waals surface area contributed by atoms with Crippen LogP contribution >= 0.6 is 0 Å². The first-order valence-corrected chi connectivity index (χ1v) is 14.4. The maximum atomic E-state index is 14.2. The van der Waals surface area contributed by atoms with Gasteiger partial charge in [0.05, 0.1) is 18.0 Å². The Labute approximate surface area is 218 Å². The van der Waals surface area contributed by atoms with E-state index in [2.05, 4.69) is 17.6 Å². The van der Waals surface area contributed by atoms with E-state index in [0.29, 0.717) is 31.8 Å². The van der Waals surface area contributed by atoms with Gasteiger partial charge in [0.25, 0.3) is 0 Å². The molecule has 2 N–H and O–H groups in total. The summed E-state index contributed by atoms with van der Waals surface area (Å²) in [4.78, 5) is 35.2. The number of nitrogens with one attached hydrogen (secondary N) is 2. The number of carbonyl (C=O) groups is 2. The molecule has 0 aromatic carbocycles. The highest BCUT2D eigenvalue weighted by Crippen LogP contribution is 2.46. The second kappa shape index (κ2) is 11.1. The average molecular weight is 526 g/mol. The van der Waals surface area contributed by atoms with Crippen LogP contribution in [0.15, 0.2) is 4.99 Å². The first-order valence-electron chi connectivity index (χ1n) is 14.4. The molecule has 3 amide bonds. The third kappa shape index (κ3) is 5.78. The smallest absolute Gasteiger partial charge is 0.353 e. The van der Waals surface area contributed by atoms with Gasteiger partial charge in [-0.3, -0.25) is 14.7 Å². The van der Waals surface area contributed by atoms with Gasteiger partial charge in [-0.1, -0.05) is 19.8 Å². The van der Waals surface area contributed by atoms with Gasteiger partial charge >= 0.3 is 12.2 Å². The highest BCUT2D eigenvalue weighted by atomic mass is 19.4. The lowest BCUT2D eigenvalue weighted by Gasteiger charge is -2.44. The predicted octanol–water partition coefficient (Wildman–Crippen LogP) is 4.18. The second-order valence-corrected chi connectivity index (χ2v) is 12.1. The summed E-state index contributed by atoms with van der Waals surface area (Å²) in [5.41, 5.74) is 0. The molecule has 5 atom stereocenters. The Balaban J connectivity index is 1.47. The summed E-state index contributed by atoms with van der Waals surface area (Å²) in [6, 6.07) is -0.442. The van der Waals surface area contributed by atoms with Crippen LogP contribution < -0.4 is 10.6 Å². The Kier molecular flexibility index (Phi) is 8.03. The van der Waals surface area contributed by atoms with E-state index in [1.807, 2.05) is 4.90 Å². The van der Waals surface area contributed by atoms with Crippen molar-refractivity contribution in [2.24, 2.45) is 34.6 Å². The number of carbonyl (C=O) groups excluding carboxylic acids is 2. The number of hydrogen-bond donors (Lipinski definition) is 2. The van der Waals surface area contributed by atoms with Crippen LogP contribution in [0.2, 0.25) is 0 Å². The zero-order valence-corrected chi connectivity index (χ0v) is 21.9. The van der Waals surface area contributed by atoms with Crippen molar-refractivity contribution in [1.82, 2.24) is 20.4 Å². The summed E-state index contributed by atoms with van der Waals surface area (Å²) >= 11 is 0. The van der Waals surface area contributed by atoms with Crippen molar-refractivity contribution < 1.29 is 22.8 Å². The number of alkyl halides is 3. The molecule has 5 unspecified atom stereocenters. The van der Waals surface area contributed by atoms with Crippen molar-refractivity contribution in [1.29, 1.82) is 0 Å². The van der Waals surface area contributed by atoms with Crippen molar-refractivity contribution in [3.63, 3.8) is 0 Å². The zero-order chi connectivity index (χ0) is 26.2. The van der Waals surface area contributed by atoms with E-state index < -0.39 is 12.1 Å². The summed E-state index contributed by atoms with van der Waals surface area (Å²) in [5, 5.41) is 6.26. The molecule has 2 saturated heterocycles. The molecule has 4 fully saturated rings. The number of aliphatic imine (C=N–C) groups is 1. The standard InChI is InChI=1S/C27H42F3N5O2/c1-17-4-2-5-19(14-17)24-23(18-7-9-21(10-8-18)27(28,29)30)33-25(20-6-3-11-31-15-20)35(24)26(37)34-13-12-32-22(36)16-34/h17-21,23-24,31H,2-16H2,1H3,(H,32,36). The van der Waals surface area contributed by atoms with E-state index >= 15 is 0 Å². The molecule has 5 rings (SSSR count). The van der Waals surface area contributed by atoms with E-state index in [-0.39, 0.29) is 61.2 Å². The van der Waals surface area contributed by atoms with Crippen molar-refractivity contribution in [2.75, 3.05) is 32.7 Å². The summed E-state index contributed by atoms with van der Waals surface area (Å²) < 4.78 is 40.3. The van der Waals surface area contributed by atoms with E-state index in [4.69, 9.17) is 4.99 Å². The summed E-state index contributed by atoms with van der Waals surface area (Å²) in [5.74, 6) is 0.420. The van der Waals surface area contributed by atoms with Crippen molar-refractivity contribution >= 4 is 17.8 Å². The number of halogens is 3. The van der Waals surface area contributed by atoms with Gasteiger partial charge in [-0.2, -0.15) is 13.2 Å². The first kappa shape index (κ1) is 26.8. The van der Waals surface area contributed by atoms with Gasteiger partial charge in [-0.05, 0) is 75.7 Å². The van der Waals surface area contributed by atoms with E-state index in [9.17, 15) is 22.8 Å². The molecule has 0 aromatic heterocycles. The van der Waals surface area contributed by atoms with Crippen LogP contribution in [0.5, 0.6) is 0 Å². The molecular formula is C27H42F3N5O2. The molecule has 0 aromatic rings. The monoisotopic (exact) mass is 525 g/mol. The molecule has 2 saturated carbocycles. The van der Waals surface area contributed by atoms with Gasteiger partial charge in [-0.25, -0.2) is 4.79 Å². The maximum Gasteiger partial charge on any atom is 0.391 e. The summed E-state index contributed by atoms with van der Waals surface area (Å²) in [7, 11) is 0. The molecule has 0 bridgehead atoms. The number of amides is 3. The fraction of sp³-hybridized carbons (Fsp3) is 0.889. The van der Waals surface area contributed by atoms with Gasteiger partial charge in [-0.15, -0.1) is 0 Å². The highest BCUT2D eigenvalue weighted by molar-refractivity contribution is 6.02. The molecule has 7 nitrogen and oxygen atoms in total. The molecule has 0 spiro atoms. The van der Waals surface area contributed by atoms with Crippen molar-refractivity contribution in [3.05, 3.63) is 0 Å². The minimum absolute atomic E-state index is 0.0423. The number of hydrogen-bond acceptors (Lipinski definition) is 4. The summed E-state index contributed by atoms with van der Waals surface area (Å²) in [6.45, 7) is 4.90. The van der Waals surface area contributed by atoms with Crippen LogP contribution in [-0.4, -0.2) is 78.6 Å². The Morgan fingerprint density at radius 3 is 2.43 bits per heavy atom. The van der Waals surface area contributed by atoms with Gasteiger partial charge in [0.2, 0.25) is 5.91 Å². The Bertz CT molecular complexity index is 867. The number of amidine groups is 1. The number of rotatable bonds is 3. The Hall–Kier alpha value is -1.84. The van der Waals surface area contributed by atoms with Crippen LogP contribution in [0.1, 0.15) is 71.1 Å². The fourth-order valence-electron chi connectivity index (χ4n) is 7.60. The highest BCUT2D eigenvalue weighted by Gasteiger charge is 2.52. The van der Waals surface area contributed by atoms with E-state index in [0.717, 1.165) is 51.0 Å². The number of urea groups is 1. The third-order valence-electron chi connectivity index (χ3n) is 9.53. The molecule has 5 aliphatic rings. The maximum absolute atomic E-state index is 14.2. The molecule has 3 aliphatic heterocycles. The number of piperazine rings is 1. The second-order valence-electron chi connectivity index (χ2n) is 12.1. The quantitative estimate of drug-likeness (QED) is 0.580. The molecular weight excluding hydrogens is 483 g/mol. The Morgan fingerprint density at radius 2 is 1.78 bits per heavy atom. The lowest BCUT2D eigenvalue weighted by atomic mass is 9.70. The van der Waals surface area contributed by atoms with Crippen LogP contribution in [0.4, 0.5) is 18.0 Å². The van der Waals surface area contributed by atoms with E-state index in [1.165, 1.54) is 6.42 Å². The molecule has 3 heterocycles. The lowest BCUT2D eigenvalue weighted by molar-refractivity contribution is -0.184. The van der Waals surface area contributed by atoms with Crippen LogP contribution in [0.3, 0.4) is 0 Å². The normalized spacial score (nSPS) is 37.8. The van der Waals surface area contributed by atoms with Gasteiger partial charge in [0, 0.05) is 25.6 Å².